The van der Waals surface area contributed by atoms with Gasteiger partial charge in [0, 0.05) is 18.8 Å². The number of amides is 1. The molecule has 29 heavy (non-hydrogen) atoms. The second-order valence-electron chi connectivity index (χ2n) is 7.31. The van der Waals surface area contributed by atoms with Gasteiger partial charge in [0.05, 0.1) is 21.8 Å². The van der Waals surface area contributed by atoms with Gasteiger partial charge in [-0.15, -0.1) is 0 Å². The molecule has 0 saturated carbocycles. The molecule has 3 N–H and O–H groups in total. The van der Waals surface area contributed by atoms with E-state index in [1.54, 1.807) is 24.0 Å². The molecule has 1 amide bonds. The van der Waals surface area contributed by atoms with Crippen molar-refractivity contribution in [1.82, 2.24) is 10.3 Å². The van der Waals surface area contributed by atoms with Crippen molar-refractivity contribution < 1.29 is 10.0 Å². The first-order valence-electron chi connectivity index (χ1n) is 9.65. The van der Waals surface area contributed by atoms with Gasteiger partial charge in [-0.3, -0.25) is 4.79 Å². The van der Waals surface area contributed by atoms with Crippen LogP contribution in [0.1, 0.15) is 56.1 Å². The van der Waals surface area contributed by atoms with Crippen molar-refractivity contribution in [3.8, 4) is 0 Å². The molecule has 0 aliphatic carbocycles. The molecule has 0 spiro atoms. The fourth-order valence-corrected chi connectivity index (χ4v) is 3.14. The van der Waals surface area contributed by atoms with Crippen molar-refractivity contribution in [2.75, 3.05) is 18.5 Å². The highest BCUT2D eigenvalue weighted by atomic mass is 35.5. The van der Waals surface area contributed by atoms with Crippen LogP contribution in [0.15, 0.2) is 47.6 Å². The van der Waals surface area contributed by atoms with E-state index in [0.717, 1.165) is 16.8 Å². The summed E-state index contributed by atoms with van der Waals surface area (Å²) in [5.41, 5.74) is 9.66. The maximum absolute atomic E-state index is 12.7. The Kier molecular flexibility index (Phi) is 7.65. The monoisotopic (exact) mass is 416 g/mol. The minimum absolute atomic E-state index is 0.0885. The summed E-state index contributed by atoms with van der Waals surface area (Å²) < 4.78 is 0. The van der Waals surface area contributed by atoms with Crippen molar-refractivity contribution in [2.24, 2.45) is 5.16 Å². The van der Waals surface area contributed by atoms with E-state index in [2.05, 4.69) is 16.0 Å². The average molecular weight is 417 g/mol. The number of hydrogen-bond acceptors (Lipinski definition) is 5. The van der Waals surface area contributed by atoms with Crippen LogP contribution in [0, 0.1) is 0 Å². The van der Waals surface area contributed by atoms with Gasteiger partial charge in [0.25, 0.3) is 5.91 Å². The molecule has 7 heteroatoms. The molecular weight excluding hydrogens is 388 g/mol. The molecule has 2 rings (SSSR count). The summed E-state index contributed by atoms with van der Waals surface area (Å²) in [7, 11) is 0. The van der Waals surface area contributed by atoms with Gasteiger partial charge < -0.3 is 15.5 Å². The lowest BCUT2D eigenvalue weighted by Gasteiger charge is -2.28. The second-order valence-corrected chi connectivity index (χ2v) is 7.72. The molecule has 0 radical (unpaired) electrons. The van der Waals surface area contributed by atoms with E-state index in [1.165, 1.54) is 0 Å². The maximum atomic E-state index is 12.7. The average Bonchev–Trinajstić information content (AvgIpc) is 2.73. The minimum Gasteiger partial charge on any atom is -0.411 e. The summed E-state index contributed by atoms with van der Waals surface area (Å²) in [4.78, 5) is 14.4. The van der Waals surface area contributed by atoms with Crippen LogP contribution in [0.4, 0.5) is 5.69 Å². The molecule has 156 valence electrons. The molecule has 0 aliphatic rings. The van der Waals surface area contributed by atoms with Crippen molar-refractivity contribution in [3.63, 3.8) is 0 Å². The van der Waals surface area contributed by atoms with Crippen LogP contribution in [0.5, 0.6) is 0 Å². The predicted octanol–water partition coefficient (Wildman–Crippen LogP) is 4.87. The van der Waals surface area contributed by atoms with Gasteiger partial charge in [0.2, 0.25) is 0 Å². The van der Waals surface area contributed by atoms with Gasteiger partial charge in [-0.2, -0.15) is 0 Å². The largest absolute Gasteiger partial charge is 0.411 e. The molecule has 0 saturated heterocycles. The van der Waals surface area contributed by atoms with E-state index >= 15 is 0 Å². The summed E-state index contributed by atoms with van der Waals surface area (Å²) >= 11 is 6.27. The molecule has 6 nitrogen and oxygen atoms in total. The Balaban J connectivity index is 2.21. The maximum Gasteiger partial charge on any atom is 0.255 e. The quantitative estimate of drug-likeness (QED) is 0.326. The smallest absolute Gasteiger partial charge is 0.255 e. The SMILES string of the molecule is CCN(CC)C(=O)c1cc(NNC(C)(C)c2cccc(/C(C)=N/O)c2)ccc1Cl. The summed E-state index contributed by atoms with van der Waals surface area (Å²) in [6.07, 6.45) is 0. The number of hydrogen-bond donors (Lipinski definition) is 3. The lowest BCUT2D eigenvalue weighted by Crippen LogP contribution is -2.40. The number of nitrogens with one attached hydrogen (secondary N) is 2. The van der Waals surface area contributed by atoms with Crippen molar-refractivity contribution in [1.29, 1.82) is 0 Å². The van der Waals surface area contributed by atoms with E-state index in [9.17, 15) is 4.79 Å². The fraction of sp³-hybridized carbons (Fsp3) is 0.364. The van der Waals surface area contributed by atoms with Crippen LogP contribution in [-0.4, -0.2) is 34.8 Å². The summed E-state index contributed by atoms with van der Waals surface area (Å²) in [6.45, 7) is 10.9. The molecular formula is C22H29ClN4O2. The zero-order valence-electron chi connectivity index (χ0n) is 17.6. The number of nitrogens with zero attached hydrogens (tertiary/aromatic N) is 2. The molecule has 0 unspecified atom stereocenters. The molecule has 0 atom stereocenters. The van der Waals surface area contributed by atoms with E-state index in [1.807, 2.05) is 58.0 Å². The highest BCUT2D eigenvalue weighted by Gasteiger charge is 2.21. The van der Waals surface area contributed by atoms with E-state index in [0.29, 0.717) is 29.4 Å². The molecule has 0 aliphatic heterocycles. The van der Waals surface area contributed by atoms with Crippen LogP contribution in [0.25, 0.3) is 0 Å². The fourth-order valence-electron chi connectivity index (χ4n) is 2.94. The number of halogens is 1. The number of oxime groups is 1. The molecule has 0 aromatic heterocycles. The van der Waals surface area contributed by atoms with Gasteiger partial charge >= 0.3 is 0 Å². The van der Waals surface area contributed by atoms with Crippen LogP contribution < -0.4 is 10.9 Å². The first kappa shape index (κ1) is 22.7. The number of anilines is 1. The Morgan fingerprint density at radius 2 is 1.86 bits per heavy atom. The summed E-state index contributed by atoms with van der Waals surface area (Å²) in [5.74, 6) is -0.0885. The van der Waals surface area contributed by atoms with Crippen LogP contribution in [0.3, 0.4) is 0 Å². The lowest BCUT2D eigenvalue weighted by molar-refractivity contribution is 0.0773. The number of carbonyl (C=O) groups is 1. The lowest BCUT2D eigenvalue weighted by atomic mass is 9.93. The zero-order valence-corrected chi connectivity index (χ0v) is 18.3. The Hall–Kier alpha value is -2.57. The Labute approximate surface area is 177 Å². The van der Waals surface area contributed by atoms with Crippen molar-refractivity contribution in [3.05, 3.63) is 64.2 Å². The highest BCUT2D eigenvalue weighted by molar-refractivity contribution is 6.34. The predicted molar refractivity (Wildman–Crippen MR) is 119 cm³/mol. The number of rotatable bonds is 8. The first-order valence-corrected chi connectivity index (χ1v) is 10.0. The van der Waals surface area contributed by atoms with Crippen molar-refractivity contribution >= 4 is 28.9 Å². The molecule has 0 bridgehead atoms. The minimum atomic E-state index is -0.436. The Bertz CT molecular complexity index is 892. The van der Waals surface area contributed by atoms with Crippen LogP contribution in [0.2, 0.25) is 5.02 Å². The standard InChI is InChI=1S/C22H29ClN4O2/c1-6-27(7-2)21(28)19-14-18(11-12-20(19)23)24-26-22(4,5)17-10-8-9-16(13-17)15(3)25-29/h8-14,24,26,29H,6-7H2,1-5H3/b25-15+. The van der Waals surface area contributed by atoms with Crippen LogP contribution >= 0.6 is 11.6 Å². The Morgan fingerprint density at radius 1 is 1.17 bits per heavy atom. The van der Waals surface area contributed by atoms with Gasteiger partial charge in [-0.25, -0.2) is 5.43 Å². The zero-order chi connectivity index (χ0) is 21.6. The number of carbonyl (C=O) groups excluding carboxylic acids is 1. The van der Waals surface area contributed by atoms with E-state index in [4.69, 9.17) is 16.8 Å². The van der Waals surface area contributed by atoms with Gasteiger partial charge in [-0.1, -0.05) is 35.0 Å². The summed E-state index contributed by atoms with van der Waals surface area (Å²) in [5, 5.41) is 12.7. The van der Waals surface area contributed by atoms with Gasteiger partial charge in [0.15, 0.2) is 0 Å². The first-order chi connectivity index (χ1) is 13.7. The topological polar surface area (TPSA) is 77.0 Å². The third-order valence-corrected chi connectivity index (χ3v) is 5.25. The normalized spacial score (nSPS) is 12.0. The molecule has 2 aromatic rings. The van der Waals surface area contributed by atoms with Crippen LogP contribution in [-0.2, 0) is 5.54 Å². The third-order valence-electron chi connectivity index (χ3n) is 4.92. The summed E-state index contributed by atoms with van der Waals surface area (Å²) in [6, 6.07) is 13.1. The molecule has 0 fully saturated rings. The third kappa shape index (κ3) is 5.49. The number of hydrazine groups is 1. The second kappa shape index (κ2) is 9.76. The van der Waals surface area contributed by atoms with E-state index in [-0.39, 0.29) is 5.91 Å². The highest BCUT2D eigenvalue weighted by Crippen LogP contribution is 2.24. The van der Waals surface area contributed by atoms with Crippen molar-refractivity contribution in [2.45, 2.75) is 40.2 Å². The molecule has 2 aromatic carbocycles. The molecule has 0 heterocycles. The van der Waals surface area contributed by atoms with Gasteiger partial charge in [-0.05, 0) is 70.0 Å². The van der Waals surface area contributed by atoms with E-state index < -0.39 is 5.54 Å². The Morgan fingerprint density at radius 3 is 2.48 bits per heavy atom. The van der Waals surface area contributed by atoms with Gasteiger partial charge in [0.1, 0.15) is 0 Å². The number of benzene rings is 2.